The summed E-state index contributed by atoms with van der Waals surface area (Å²) in [5.41, 5.74) is 1.86. The van der Waals surface area contributed by atoms with Gasteiger partial charge in [-0.15, -0.1) is 0 Å². The van der Waals surface area contributed by atoms with Gasteiger partial charge in [0, 0.05) is 11.7 Å². The molecule has 2 aromatic rings. The third-order valence-electron chi connectivity index (χ3n) is 2.88. The first-order chi connectivity index (χ1) is 9.10. The number of halogens is 2. The Labute approximate surface area is 120 Å². The second-order valence-corrected chi connectivity index (χ2v) is 5.12. The van der Waals surface area contributed by atoms with E-state index in [1.807, 2.05) is 31.2 Å². The number of hydrogen-bond donors (Lipinski definition) is 1. The number of methoxy groups -OCH3 is 1. The minimum absolute atomic E-state index is 0.0241. The molecule has 0 bridgehead atoms. The van der Waals surface area contributed by atoms with E-state index >= 15 is 0 Å². The molecule has 19 heavy (non-hydrogen) atoms. The molecular weight excluding hydrogens is 309 g/mol. The molecule has 2 aromatic carbocycles. The molecule has 0 aromatic heterocycles. The molecule has 1 atom stereocenters. The standard InChI is InChI=1S/C15H15BrFNO/c1-10(11-4-3-5-12(17)8-11)18-13-6-7-15(19-2)14(16)9-13/h3-10,18H,1-2H3. The second kappa shape index (κ2) is 6.06. The highest BCUT2D eigenvalue weighted by Gasteiger charge is 2.07. The first kappa shape index (κ1) is 13.9. The summed E-state index contributed by atoms with van der Waals surface area (Å²) in [6.45, 7) is 1.99. The Morgan fingerprint density at radius 1 is 1.21 bits per heavy atom. The Hall–Kier alpha value is -1.55. The van der Waals surface area contributed by atoms with Crippen molar-refractivity contribution in [3.05, 3.63) is 58.3 Å². The van der Waals surface area contributed by atoms with Gasteiger partial charge in [0.2, 0.25) is 0 Å². The molecule has 2 nitrogen and oxygen atoms in total. The van der Waals surface area contributed by atoms with Crippen molar-refractivity contribution in [1.29, 1.82) is 0 Å². The summed E-state index contributed by atoms with van der Waals surface area (Å²) in [5.74, 6) is 0.561. The first-order valence-corrected chi connectivity index (χ1v) is 6.75. The molecule has 1 N–H and O–H groups in total. The van der Waals surface area contributed by atoms with E-state index in [4.69, 9.17) is 4.74 Å². The van der Waals surface area contributed by atoms with Crippen molar-refractivity contribution in [3.63, 3.8) is 0 Å². The molecule has 2 rings (SSSR count). The van der Waals surface area contributed by atoms with Crippen molar-refractivity contribution in [3.8, 4) is 5.75 Å². The molecule has 0 heterocycles. The van der Waals surface area contributed by atoms with Gasteiger partial charge in [-0.1, -0.05) is 12.1 Å². The van der Waals surface area contributed by atoms with Crippen LogP contribution in [-0.4, -0.2) is 7.11 Å². The summed E-state index contributed by atoms with van der Waals surface area (Å²) < 4.78 is 19.2. The van der Waals surface area contributed by atoms with E-state index in [0.29, 0.717) is 0 Å². The van der Waals surface area contributed by atoms with E-state index in [1.165, 1.54) is 12.1 Å². The number of nitrogens with one attached hydrogen (secondary N) is 1. The molecule has 0 amide bonds. The molecule has 0 saturated heterocycles. The second-order valence-electron chi connectivity index (χ2n) is 4.27. The lowest BCUT2D eigenvalue weighted by molar-refractivity contribution is 0.412. The molecular formula is C15H15BrFNO. The van der Waals surface area contributed by atoms with Crippen molar-refractivity contribution in [1.82, 2.24) is 0 Å². The van der Waals surface area contributed by atoms with Crippen molar-refractivity contribution < 1.29 is 9.13 Å². The van der Waals surface area contributed by atoms with Crippen LogP contribution in [0.15, 0.2) is 46.9 Å². The summed E-state index contributed by atoms with van der Waals surface area (Å²) in [5, 5.41) is 3.33. The topological polar surface area (TPSA) is 21.3 Å². The average molecular weight is 324 g/mol. The van der Waals surface area contributed by atoms with Gasteiger partial charge in [-0.2, -0.15) is 0 Å². The number of ether oxygens (including phenoxy) is 1. The van der Waals surface area contributed by atoms with Crippen LogP contribution in [0.5, 0.6) is 5.75 Å². The van der Waals surface area contributed by atoms with Crippen molar-refractivity contribution in [2.45, 2.75) is 13.0 Å². The Morgan fingerprint density at radius 3 is 2.63 bits per heavy atom. The van der Waals surface area contributed by atoms with Gasteiger partial charge in [0.15, 0.2) is 0 Å². The molecule has 4 heteroatoms. The number of hydrogen-bond acceptors (Lipinski definition) is 2. The molecule has 0 aliphatic heterocycles. The van der Waals surface area contributed by atoms with E-state index in [-0.39, 0.29) is 11.9 Å². The third-order valence-corrected chi connectivity index (χ3v) is 3.50. The number of anilines is 1. The lowest BCUT2D eigenvalue weighted by Crippen LogP contribution is -2.06. The van der Waals surface area contributed by atoms with Crippen molar-refractivity contribution in [2.24, 2.45) is 0 Å². The van der Waals surface area contributed by atoms with E-state index in [9.17, 15) is 4.39 Å². The van der Waals surface area contributed by atoms with Gasteiger partial charge < -0.3 is 10.1 Å². The highest BCUT2D eigenvalue weighted by Crippen LogP contribution is 2.29. The van der Waals surface area contributed by atoms with Gasteiger partial charge in [-0.25, -0.2) is 4.39 Å². The maximum Gasteiger partial charge on any atom is 0.133 e. The van der Waals surface area contributed by atoms with Gasteiger partial charge >= 0.3 is 0 Å². The van der Waals surface area contributed by atoms with Crippen LogP contribution >= 0.6 is 15.9 Å². The summed E-state index contributed by atoms with van der Waals surface area (Å²) in [6, 6.07) is 12.4. The molecule has 0 aliphatic rings. The van der Waals surface area contributed by atoms with Crippen LogP contribution in [0.3, 0.4) is 0 Å². The zero-order valence-electron chi connectivity index (χ0n) is 10.8. The SMILES string of the molecule is COc1ccc(NC(C)c2cccc(F)c2)cc1Br. The normalized spacial score (nSPS) is 12.0. The van der Waals surface area contributed by atoms with E-state index in [1.54, 1.807) is 13.2 Å². The highest BCUT2D eigenvalue weighted by atomic mass is 79.9. The molecule has 0 aliphatic carbocycles. The zero-order valence-corrected chi connectivity index (χ0v) is 12.4. The fourth-order valence-corrected chi connectivity index (χ4v) is 2.41. The van der Waals surface area contributed by atoms with E-state index in [0.717, 1.165) is 21.5 Å². The summed E-state index contributed by atoms with van der Waals surface area (Å²) in [6.07, 6.45) is 0. The van der Waals surface area contributed by atoms with Crippen molar-refractivity contribution >= 4 is 21.6 Å². The molecule has 0 saturated carbocycles. The van der Waals surface area contributed by atoms with Crippen LogP contribution in [0.1, 0.15) is 18.5 Å². The lowest BCUT2D eigenvalue weighted by Gasteiger charge is -2.16. The predicted octanol–water partition coefficient (Wildman–Crippen LogP) is 4.77. The summed E-state index contributed by atoms with van der Waals surface area (Å²) in [7, 11) is 1.63. The molecule has 0 radical (unpaired) electrons. The first-order valence-electron chi connectivity index (χ1n) is 5.95. The lowest BCUT2D eigenvalue weighted by atomic mass is 10.1. The van der Waals surface area contributed by atoms with Gasteiger partial charge in [-0.05, 0) is 58.7 Å². The van der Waals surface area contributed by atoms with Crippen LogP contribution in [0.25, 0.3) is 0 Å². The molecule has 100 valence electrons. The monoisotopic (exact) mass is 323 g/mol. The van der Waals surface area contributed by atoms with Gasteiger partial charge in [-0.3, -0.25) is 0 Å². The van der Waals surface area contributed by atoms with Gasteiger partial charge in [0.25, 0.3) is 0 Å². The summed E-state index contributed by atoms with van der Waals surface area (Å²) in [4.78, 5) is 0. The largest absolute Gasteiger partial charge is 0.496 e. The average Bonchev–Trinajstić information content (AvgIpc) is 2.39. The van der Waals surface area contributed by atoms with Gasteiger partial charge in [0.1, 0.15) is 11.6 Å². The third kappa shape index (κ3) is 3.47. The Balaban J connectivity index is 2.14. The maximum absolute atomic E-state index is 13.2. The van der Waals surface area contributed by atoms with E-state index < -0.39 is 0 Å². The minimum atomic E-state index is -0.220. The Morgan fingerprint density at radius 2 is 2.00 bits per heavy atom. The minimum Gasteiger partial charge on any atom is -0.496 e. The Kier molecular flexibility index (Phi) is 4.43. The summed E-state index contributed by atoms with van der Waals surface area (Å²) >= 11 is 3.44. The predicted molar refractivity (Wildman–Crippen MR) is 79.1 cm³/mol. The van der Waals surface area contributed by atoms with E-state index in [2.05, 4.69) is 21.2 Å². The fraction of sp³-hybridized carbons (Fsp3) is 0.200. The molecule has 0 fully saturated rings. The number of benzene rings is 2. The fourth-order valence-electron chi connectivity index (χ4n) is 1.87. The smallest absolute Gasteiger partial charge is 0.133 e. The zero-order chi connectivity index (χ0) is 13.8. The Bertz CT molecular complexity index is 574. The number of rotatable bonds is 4. The van der Waals surface area contributed by atoms with Crippen LogP contribution in [-0.2, 0) is 0 Å². The highest BCUT2D eigenvalue weighted by molar-refractivity contribution is 9.10. The molecule has 1 unspecified atom stereocenters. The molecule has 0 spiro atoms. The van der Waals surface area contributed by atoms with Crippen LogP contribution in [0.4, 0.5) is 10.1 Å². The van der Waals surface area contributed by atoms with Gasteiger partial charge in [0.05, 0.1) is 11.6 Å². The van der Waals surface area contributed by atoms with Crippen LogP contribution in [0, 0.1) is 5.82 Å². The maximum atomic E-state index is 13.2. The van der Waals surface area contributed by atoms with Crippen LogP contribution < -0.4 is 10.1 Å². The van der Waals surface area contributed by atoms with Crippen molar-refractivity contribution in [2.75, 3.05) is 12.4 Å². The quantitative estimate of drug-likeness (QED) is 0.875. The van der Waals surface area contributed by atoms with Crippen LogP contribution in [0.2, 0.25) is 0 Å².